The summed E-state index contributed by atoms with van der Waals surface area (Å²) in [5.41, 5.74) is 6.99. The third-order valence-corrected chi connectivity index (χ3v) is 3.73. The molecule has 0 aliphatic carbocycles. The van der Waals surface area contributed by atoms with E-state index in [1.807, 2.05) is 0 Å². The summed E-state index contributed by atoms with van der Waals surface area (Å²) in [6, 6.07) is 3.58. The lowest BCUT2D eigenvalue weighted by Crippen LogP contribution is -2.28. The summed E-state index contributed by atoms with van der Waals surface area (Å²) >= 11 is 0. The Labute approximate surface area is 110 Å². The molecule has 1 aromatic rings. The van der Waals surface area contributed by atoms with E-state index in [2.05, 4.69) is 0 Å². The van der Waals surface area contributed by atoms with Gasteiger partial charge in [-0.15, -0.1) is 0 Å². The van der Waals surface area contributed by atoms with Gasteiger partial charge in [-0.2, -0.15) is 13.2 Å². The van der Waals surface area contributed by atoms with Crippen LogP contribution in [0, 0.1) is 12.8 Å². The maximum Gasteiger partial charge on any atom is 0.416 e. The molecular formula is C14H18F3NO. The third-order valence-electron chi connectivity index (χ3n) is 3.73. The van der Waals surface area contributed by atoms with Gasteiger partial charge in [-0.05, 0) is 48.9 Å². The number of halogens is 3. The van der Waals surface area contributed by atoms with Crippen molar-refractivity contribution in [1.29, 1.82) is 0 Å². The zero-order valence-electron chi connectivity index (χ0n) is 10.8. The molecule has 2 N–H and O–H groups in total. The molecule has 1 saturated heterocycles. The summed E-state index contributed by atoms with van der Waals surface area (Å²) in [6.07, 6.45) is -2.57. The van der Waals surface area contributed by atoms with Crippen LogP contribution in [0.4, 0.5) is 13.2 Å². The number of benzene rings is 1. The van der Waals surface area contributed by atoms with Gasteiger partial charge in [0.2, 0.25) is 0 Å². The summed E-state index contributed by atoms with van der Waals surface area (Å²) in [4.78, 5) is 0. The van der Waals surface area contributed by atoms with Crippen LogP contribution in [-0.4, -0.2) is 13.2 Å². The molecule has 1 fully saturated rings. The molecule has 0 aromatic heterocycles. The fourth-order valence-electron chi connectivity index (χ4n) is 2.55. The van der Waals surface area contributed by atoms with Crippen molar-refractivity contribution in [3.63, 3.8) is 0 Å². The number of hydrogen-bond acceptors (Lipinski definition) is 2. The number of ether oxygens (including phenoxy) is 1. The molecule has 5 heteroatoms. The molecule has 19 heavy (non-hydrogen) atoms. The zero-order chi connectivity index (χ0) is 14.0. The highest BCUT2D eigenvalue weighted by Gasteiger charge is 2.31. The Balaban J connectivity index is 2.20. The van der Waals surface area contributed by atoms with E-state index >= 15 is 0 Å². The second-order valence-electron chi connectivity index (χ2n) is 5.04. The average molecular weight is 273 g/mol. The smallest absolute Gasteiger partial charge is 0.381 e. The summed E-state index contributed by atoms with van der Waals surface area (Å²) in [5.74, 6) is 0.282. The summed E-state index contributed by atoms with van der Waals surface area (Å²) in [5, 5.41) is 0. The van der Waals surface area contributed by atoms with E-state index in [-0.39, 0.29) is 12.0 Å². The van der Waals surface area contributed by atoms with Gasteiger partial charge >= 0.3 is 6.18 Å². The lowest BCUT2D eigenvalue weighted by molar-refractivity contribution is -0.137. The molecule has 0 saturated carbocycles. The van der Waals surface area contributed by atoms with E-state index < -0.39 is 11.7 Å². The Morgan fingerprint density at radius 2 is 1.89 bits per heavy atom. The first kappa shape index (κ1) is 14.3. The molecule has 1 aliphatic rings. The van der Waals surface area contributed by atoms with Gasteiger partial charge in [-0.1, -0.05) is 6.07 Å². The normalized spacial score (nSPS) is 19.4. The molecule has 1 atom stereocenters. The Morgan fingerprint density at radius 1 is 1.26 bits per heavy atom. The van der Waals surface area contributed by atoms with Gasteiger partial charge in [0.25, 0.3) is 0 Å². The Kier molecular flexibility index (Phi) is 4.16. The van der Waals surface area contributed by atoms with Gasteiger partial charge in [-0.25, -0.2) is 0 Å². The van der Waals surface area contributed by atoms with E-state index in [0.29, 0.717) is 18.8 Å². The summed E-state index contributed by atoms with van der Waals surface area (Å²) in [6.45, 7) is 3.04. The predicted molar refractivity (Wildman–Crippen MR) is 66.7 cm³/mol. The van der Waals surface area contributed by atoms with Gasteiger partial charge in [0, 0.05) is 19.3 Å². The van der Waals surface area contributed by atoms with Crippen LogP contribution in [-0.2, 0) is 10.9 Å². The molecule has 0 amide bonds. The van der Waals surface area contributed by atoms with Crippen molar-refractivity contribution in [2.75, 3.05) is 13.2 Å². The van der Waals surface area contributed by atoms with Crippen LogP contribution in [0.5, 0.6) is 0 Å². The minimum atomic E-state index is -4.30. The summed E-state index contributed by atoms with van der Waals surface area (Å²) in [7, 11) is 0. The Bertz CT molecular complexity index is 439. The first-order valence-electron chi connectivity index (χ1n) is 6.40. The van der Waals surface area contributed by atoms with E-state index in [1.165, 1.54) is 12.1 Å². The monoisotopic (exact) mass is 273 g/mol. The van der Waals surface area contributed by atoms with Crippen LogP contribution in [0.2, 0.25) is 0 Å². The lowest BCUT2D eigenvalue weighted by atomic mass is 9.85. The van der Waals surface area contributed by atoms with Crippen LogP contribution >= 0.6 is 0 Å². The molecule has 1 aliphatic heterocycles. The number of nitrogens with two attached hydrogens (primary N) is 1. The molecule has 1 heterocycles. The summed E-state index contributed by atoms with van der Waals surface area (Å²) < 4.78 is 43.1. The lowest BCUT2D eigenvalue weighted by Gasteiger charge is -2.29. The minimum absolute atomic E-state index is 0.216. The second-order valence-corrected chi connectivity index (χ2v) is 5.04. The van der Waals surface area contributed by atoms with Gasteiger partial charge in [0.05, 0.1) is 5.56 Å². The number of aryl methyl sites for hydroxylation is 1. The average Bonchev–Trinajstić information content (AvgIpc) is 2.38. The van der Waals surface area contributed by atoms with E-state index in [9.17, 15) is 13.2 Å². The number of rotatable bonds is 2. The van der Waals surface area contributed by atoms with Crippen LogP contribution in [0.25, 0.3) is 0 Å². The highest BCUT2D eigenvalue weighted by atomic mass is 19.4. The minimum Gasteiger partial charge on any atom is -0.381 e. The van der Waals surface area contributed by atoms with Crippen molar-refractivity contribution in [2.24, 2.45) is 11.7 Å². The highest BCUT2D eigenvalue weighted by Crippen LogP contribution is 2.34. The standard InChI is InChI=1S/C14H18F3NO/c1-9-8-11(14(15,16)17)2-3-12(9)13(18)10-4-6-19-7-5-10/h2-3,8,10,13H,4-7,18H2,1H3. The highest BCUT2D eigenvalue weighted by molar-refractivity contribution is 5.34. The fraction of sp³-hybridized carbons (Fsp3) is 0.571. The van der Waals surface area contributed by atoms with Gasteiger partial charge in [0.15, 0.2) is 0 Å². The third kappa shape index (κ3) is 3.28. The van der Waals surface area contributed by atoms with Crippen LogP contribution in [0.1, 0.15) is 35.6 Å². The fourth-order valence-corrected chi connectivity index (χ4v) is 2.55. The van der Waals surface area contributed by atoms with Crippen molar-refractivity contribution in [2.45, 2.75) is 32.0 Å². The molecule has 106 valence electrons. The van der Waals surface area contributed by atoms with Crippen molar-refractivity contribution in [3.05, 3.63) is 34.9 Å². The van der Waals surface area contributed by atoms with E-state index in [4.69, 9.17) is 10.5 Å². The Hall–Kier alpha value is -1.07. The molecule has 1 aromatic carbocycles. The maximum absolute atomic E-state index is 12.6. The van der Waals surface area contributed by atoms with Crippen LogP contribution in [0.15, 0.2) is 18.2 Å². The van der Waals surface area contributed by atoms with Crippen molar-refractivity contribution >= 4 is 0 Å². The topological polar surface area (TPSA) is 35.2 Å². The second kappa shape index (κ2) is 5.51. The van der Waals surface area contributed by atoms with Gasteiger partial charge in [0.1, 0.15) is 0 Å². The molecule has 2 nitrogen and oxygen atoms in total. The molecule has 1 unspecified atom stereocenters. The quantitative estimate of drug-likeness (QED) is 0.895. The number of alkyl halides is 3. The SMILES string of the molecule is Cc1cc(C(F)(F)F)ccc1C(N)C1CCOCC1. The Morgan fingerprint density at radius 3 is 2.42 bits per heavy atom. The molecule has 0 bridgehead atoms. The largest absolute Gasteiger partial charge is 0.416 e. The van der Waals surface area contributed by atoms with Crippen LogP contribution < -0.4 is 5.73 Å². The first-order chi connectivity index (χ1) is 8.89. The molecular weight excluding hydrogens is 255 g/mol. The number of hydrogen-bond donors (Lipinski definition) is 1. The van der Waals surface area contributed by atoms with E-state index in [0.717, 1.165) is 24.5 Å². The first-order valence-corrected chi connectivity index (χ1v) is 6.40. The zero-order valence-corrected chi connectivity index (χ0v) is 10.8. The predicted octanol–water partition coefficient (Wildman–Crippen LogP) is 3.44. The van der Waals surface area contributed by atoms with Crippen molar-refractivity contribution in [1.82, 2.24) is 0 Å². The van der Waals surface area contributed by atoms with Gasteiger partial charge in [-0.3, -0.25) is 0 Å². The molecule has 0 spiro atoms. The molecule has 2 rings (SSSR count). The van der Waals surface area contributed by atoms with Crippen molar-refractivity contribution in [3.8, 4) is 0 Å². The van der Waals surface area contributed by atoms with Crippen LogP contribution in [0.3, 0.4) is 0 Å². The van der Waals surface area contributed by atoms with Gasteiger partial charge < -0.3 is 10.5 Å². The maximum atomic E-state index is 12.6. The van der Waals surface area contributed by atoms with E-state index in [1.54, 1.807) is 6.92 Å². The molecule has 0 radical (unpaired) electrons. The van der Waals surface area contributed by atoms with Crippen molar-refractivity contribution < 1.29 is 17.9 Å².